The molecule has 0 atom stereocenters. The van der Waals surface area contributed by atoms with Crippen molar-refractivity contribution in [2.24, 2.45) is 4.99 Å². The van der Waals surface area contributed by atoms with Gasteiger partial charge in [0.15, 0.2) is 0 Å². The lowest BCUT2D eigenvalue weighted by molar-refractivity contribution is 1.55. The molecule has 0 aliphatic carbocycles. The van der Waals surface area contributed by atoms with Crippen molar-refractivity contribution in [1.82, 2.24) is 0 Å². The van der Waals surface area contributed by atoms with Crippen LogP contribution >= 0.6 is 24.0 Å². The fraction of sp³-hybridized carbons (Fsp3) is 0. The number of fused-ring (bicyclic) bond motifs is 1. The van der Waals surface area contributed by atoms with Crippen molar-refractivity contribution in [3.8, 4) is 0 Å². The molecule has 0 bridgehead atoms. The molecular weight excluding hydrogens is 345 g/mol. The van der Waals surface area contributed by atoms with Crippen LogP contribution in [0.3, 0.4) is 0 Å². The third-order valence-electron chi connectivity index (χ3n) is 2.90. The van der Waals surface area contributed by atoms with E-state index in [9.17, 15) is 0 Å². The lowest BCUT2D eigenvalue weighted by atomic mass is 10.1. The average Bonchev–Trinajstić information content (AvgIpc) is 2.46. The highest BCUT2D eigenvalue weighted by molar-refractivity contribution is 14.0. The van der Waals surface area contributed by atoms with E-state index < -0.39 is 0 Å². The monoisotopic (exact) mass is 359 g/mol. The zero-order valence-corrected chi connectivity index (χ0v) is 12.7. The van der Waals surface area contributed by atoms with E-state index in [1.54, 1.807) is 0 Å². The third kappa shape index (κ3) is 3.41. The molecule has 0 aliphatic heterocycles. The molecule has 94 valence electrons. The molecule has 2 heteroatoms. The summed E-state index contributed by atoms with van der Waals surface area (Å²) < 4.78 is 0. The summed E-state index contributed by atoms with van der Waals surface area (Å²) in [6.45, 7) is 0. The summed E-state index contributed by atoms with van der Waals surface area (Å²) in [7, 11) is 0. The molecule has 0 heterocycles. The Kier molecular flexibility index (Phi) is 4.68. The minimum absolute atomic E-state index is 0. The normalized spacial score (nSPS) is 10.5. The molecule has 0 aliphatic rings. The van der Waals surface area contributed by atoms with Gasteiger partial charge in [0.2, 0.25) is 0 Å². The van der Waals surface area contributed by atoms with E-state index in [-0.39, 0.29) is 24.0 Å². The molecule has 0 radical (unpaired) electrons. The SMILES string of the molecule is C(=Nc1ccc2ccccc2c1)c1ccccc1.I. The van der Waals surface area contributed by atoms with Crippen LogP contribution in [0.2, 0.25) is 0 Å². The number of halogens is 1. The van der Waals surface area contributed by atoms with E-state index in [1.807, 2.05) is 48.7 Å². The summed E-state index contributed by atoms with van der Waals surface area (Å²) in [6, 6.07) is 24.7. The summed E-state index contributed by atoms with van der Waals surface area (Å²) >= 11 is 0. The fourth-order valence-electron chi connectivity index (χ4n) is 1.95. The van der Waals surface area contributed by atoms with E-state index >= 15 is 0 Å². The molecule has 19 heavy (non-hydrogen) atoms. The van der Waals surface area contributed by atoms with Crippen LogP contribution < -0.4 is 0 Å². The second-order valence-corrected chi connectivity index (χ2v) is 4.20. The summed E-state index contributed by atoms with van der Waals surface area (Å²) in [4.78, 5) is 4.50. The maximum Gasteiger partial charge on any atom is 0.0636 e. The Morgan fingerprint density at radius 2 is 1.37 bits per heavy atom. The maximum atomic E-state index is 4.50. The summed E-state index contributed by atoms with van der Waals surface area (Å²) in [5.41, 5.74) is 2.10. The Balaban J connectivity index is 0.00000133. The van der Waals surface area contributed by atoms with Crippen LogP contribution in [-0.2, 0) is 0 Å². The first kappa shape index (κ1) is 13.7. The van der Waals surface area contributed by atoms with E-state index in [1.165, 1.54) is 10.8 Å². The predicted molar refractivity (Wildman–Crippen MR) is 93.1 cm³/mol. The Hall–Kier alpha value is -1.68. The van der Waals surface area contributed by atoms with Crippen LogP contribution in [0.5, 0.6) is 0 Å². The molecule has 0 amide bonds. The van der Waals surface area contributed by atoms with Gasteiger partial charge in [0.25, 0.3) is 0 Å². The number of rotatable bonds is 2. The minimum atomic E-state index is 0. The van der Waals surface area contributed by atoms with Gasteiger partial charge in [-0.2, -0.15) is 0 Å². The van der Waals surface area contributed by atoms with E-state index in [4.69, 9.17) is 0 Å². The summed E-state index contributed by atoms with van der Waals surface area (Å²) in [5.74, 6) is 0. The van der Waals surface area contributed by atoms with Gasteiger partial charge in [-0.05, 0) is 28.5 Å². The topological polar surface area (TPSA) is 12.4 Å². The van der Waals surface area contributed by atoms with Crippen molar-refractivity contribution in [2.45, 2.75) is 0 Å². The highest BCUT2D eigenvalue weighted by Gasteiger charge is 1.93. The Morgan fingerprint density at radius 3 is 2.16 bits per heavy atom. The molecule has 3 aromatic carbocycles. The van der Waals surface area contributed by atoms with Crippen LogP contribution in [0.15, 0.2) is 77.8 Å². The van der Waals surface area contributed by atoms with Crippen molar-refractivity contribution < 1.29 is 0 Å². The standard InChI is InChI=1S/C17H13N.HI/c1-2-6-14(7-3-1)13-18-17-11-10-15-8-4-5-9-16(15)12-17;/h1-13H;1H. The first-order valence-corrected chi connectivity index (χ1v) is 6.00. The zero-order chi connectivity index (χ0) is 12.2. The van der Waals surface area contributed by atoms with Crippen molar-refractivity contribution in [1.29, 1.82) is 0 Å². The number of aliphatic imine (C=N–C) groups is 1. The molecular formula is C17H14IN. The van der Waals surface area contributed by atoms with Crippen molar-refractivity contribution >= 4 is 46.7 Å². The highest BCUT2D eigenvalue weighted by atomic mass is 127. The van der Waals surface area contributed by atoms with Gasteiger partial charge < -0.3 is 0 Å². The predicted octanol–water partition coefficient (Wildman–Crippen LogP) is 5.21. The number of nitrogens with zero attached hydrogens (tertiary/aromatic N) is 1. The molecule has 0 saturated heterocycles. The summed E-state index contributed by atoms with van der Waals surface area (Å²) in [6.07, 6.45) is 1.89. The van der Waals surface area contributed by atoms with Crippen molar-refractivity contribution in [2.75, 3.05) is 0 Å². The molecule has 0 aromatic heterocycles. The number of hydrogen-bond acceptors (Lipinski definition) is 1. The Bertz CT molecular complexity index is 690. The van der Waals surface area contributed by atoms with Gasteiger partial charge in [-0.3, -0.25) is 4.99 Å². The first-order chi connectivity index (χ1) is 8.92. The molecule has 3 aromatic rings. The molecule has 0 saturated carbocycles. The van der Waals surface area contributed by atoms with Gasteiger partial charge in [0.1, 0.15) is 0 Å². The van der Waals surface area contributed by atoms with Crippen LogP contribution in [0.25, 0.3) is 10.8 Å². The van der Waals surface area contributed by atoms with Gasteiger partial charge in [0.05, 0.1) is 5.69 Å². The molecule has 0 N–H and O–H groups in total. The van der Waals surface area contributed by atoms with Gasteiger partial charge in [-0.1, -0.05) is 60.7 Å². The maximum absolute atomic E-state index is 4.50. The van der Waals surface area contributed by atoms with Gasteiger partial charge in [0, 0.05) is 6.21 Å². The largest absolute Gasteiger partial charge is 0.256 e. The third-order valence-corrected chi connectivity index (χ3v) is 2.90. The smallest absolute Gasteiger partial charge is 0.0636 e. The number of benzene rings is 3. The van der Waals surface area contributed by atoms with E-state index in [2.05, 4.69) is 35.3 Å². The van der Waals surface area contributed by atoms with Gasteiger partial charge >= 0.3 is 0 Å². The van der Waals surface area contributed by atoms with Gasteiger partial charge in [-0.25, -0.2) is 0 Å². The molecule has 0 unspecified atom stereocenters. The molecule has 1 nitrogen and oxygen atoms in total. The van der Waals surface area contributed by atoms with Crippen LogP contribution in [0.1, 0.15) is 5.56 Å². The van der Waals surface area contributed by atoms with Crippen LogP contribution in [-0.4, -0.2) is 6.21 Å². The molecule has 3 rings (SSSR count). The van der Waals surface area contributed by atoms with E-state index in [0.717, 1.165) is 11.3 Å². The Labute approximate surface area is 130 Å². The van der Waals surface area contributed by atoms with Crippen molar-refractivity contribution in [3.05, 3.63) is 78.4 Å². The minimum Gasteiger partial charge on any atom is -0.256 e. The molecule has 0 fully saturated rings. The number of hydrogen-bond donors (Lipinski definition) is 0. The highest BCUT2D eigenvalue weighted by Crippen LogP contribution is 2.20. The lowest BCUT2D eigenvalue weighted by Gasteiger charge is -1.98. The lowest BCUT2D eigenvalue weighted by Crippen LogP contribution is -1.78. The second kappa shape index (κ2) is 6.48. The van der Waals surface area contributed by atoms with E-state index in [0.29, 0.717) is 0 Å². The van der Waals surface area contributed by atoms with Crippen LogP contribution in [0.4, 0.5) is 5.69 Å². The van der Waals surface area contributed by atoms with Gasteiger partial charge in [-0.15, -0.1) is 24.0 Å². The first-order valence-electron chi connectivity index (χ1n) is 6.00. The second-order valence-electron chi connectivity index (χ2n) is 4.20. The van der Waals surface area contributed by atoms with Crippen LogP contribution in [0, 0.1) is 0 Å². The fourth-order valence-corrected chi connectivity index (χ4v) is 1.95. The average molecular weight is 359 g/mol. The zero-order valence-electron chi connectivity index (χ0n) is 10.4. The quantitative estimate of drug-likeness (QED) is 0.440. The van der Waals surface area contributed by atoms with Crippen molar-refractivity contribution in [3.63, 3.8) is 0 Å². The Morgan fingerprint density at radius 1 is 0.684 bits per heavy atom. The molecule has 0 spiro atoms. The summed E-state index contributed by atoms with van der Waals surface area (Å²) in [5, 5.41) is 2.47.